The van der Waals surface area contributed by atoms with Crippen LogP contribution in [0.1, 0.15) is 29.6 Å². The number of alkyl halides is 1. The average molecular weight is 320 g/mol. The molecule has 0 saturated carbocycles. The van der Waals surface area contributed by atoms with Crippen LogP contribution in [0.5, 0.6) is 0 Å². The second-order valence-corrected chi connectivity index (χ2v) is 5.16. The molecule has 1 rings (SSSR count). The SMILES string of the molecule is CN(CCCCCCl)C(=O)c1cncc(Br)c1. The van der Waals surface area contributed by atoms with Gasteiger partial charge in [-0.2, -0.15) is 0 Å². The Hall–Kier alpha value is -0.610. The van der Waals surface area contributed by atoms with Crippen molar-refractivity contribution >= 4 is 33.4 Å². The number of carbonyl (C=O) groups is 1. The number of aromatic nitrogens is 1. The summed E-state index contributed by atoms with van der Waals surface area (Å²) >= 11 is 8.90. The number of halogens is 2. The van der Waals surface area contributed by atoms with E-state index in [0.29, 0.717) is 11.4 Å². The van der Waals surface area contributed by atoms with Crippen LogP contribution in [0.15, 0.2) is 22.9 Å². The summed E-state index contributed by atoms with van der Waals surface area (Å²) in [5.74, 6) is 0.692. The molecule has 0 radical (unpaired) electrons. The van der Waals surface area contributed by atoms with E-state index in [4.69, 9.17) is 11.6 Å². The van der Waals surface area contributed by atoms with E-state index >= 15 is 0 Å². The first-order chi connectivity index (χ1) is 8.15. The normalized spacial score (nSPS) is 10.3. The van der Waals surface area contributed by atoms with Gasteiger partial charge in [0.1, 0.15) is 0 Å². The summed E-state index contributed by atoms with van der Waals surface area (Å²) in [6.07, 6.45) is 6.29. The zero-order valence-corrected chi connectivity index (χ0v) is 12.2. The Morgan fingerprint density at radius 2 is 2.18 bits per heavy atom. The van der Waals surface area contributed by atoms with E-state index < -0.39 is 0 Å². The Morgan fingerprint density at radius 1 is 1.41 bits per heavy atom. The molecular formula is C12H16BrClN2O. The lowest BCUT2D eigenvalue weighted by molar-refractivity contribution is 0.0792. The standard InChI is InChI=1S/C12H16BrClN2O/c1-16(6-4-2-3-5-14)12(17)10-7-11(13)9-15-8-10/h7-9H,2-6H2,1H3. The Bertz CT molecular complexity index is 373. The largest absolute Gasteiger partial charge is 0.342 e. The molecule has 0 atom stereocenters. The van der Waals surface area contributed by atoms with Crippen LogP contribution < -0.4 is 0 Å². The van der Waals surface area contributed by atoms with Gasteiger partial charge in [-0.3, -0.25) is 9.78 Å². The number of carbonyl (C=O) groups excluding carboxylic acids is 1. The van der Waals surface area contributed by atoms with Gasteiger partial charge in [0, 0.05) is 36.3 Å². The van der Waals surface area contributed by atoms with Crippen LogP contribution in [-0.2, 0) is 0 Å². The van der Waals surface area contributed by atoms with Crippen LogP contribution in [-0.4, -0.2) is 35.3 Å². The molecule has 94 valence electrons. The molecule has 1 aromatic rings. The van der Waals surface area contributed by atoms with Crippen molar-refractivity contribution < 1.29 is 4.79 Å². The molecule has 0 saturated heterocycles. The van der Waals surface area contributed by atoms with Crippen molar-refractivity contribution in [3.05, 3.63) is 28.5 Å². The molecule has 0 aliphatic heterocycles. The lowest BCUT2D eigenvalue weighted by Gasteiger charge is -2.16. The van der Waals surface area contributed by atoms with Crippen LogP contribution in [0.2, 0.25) is 0 Å². The predicted molar refractivity (Wildman–Crippen MR) is 73.5 cm³/mol. The molecule has 0 bridgehead atoms. The topological polar surface area (TPSA) is 33.2 Å². The maximum absolute atomic E-state index is 12.0. The smallest absolute Gasteiger partial charge is 0.255 e. The highest BCUT2D eigenvalue weighted by Crippen LogP contribution is 2.11. The lowest BCUT2D eigenvalue weighted by Crippen LogP contribution is -2.27. The van der Waals surface area contributed by atoms with Gasteiger partial charge in [0.2, 0.25) is 0 Å². The first kappa shape index (κ1) is 14.5. The van der Waals surface area contributed by atoms with Gasteiger partial charge in [-0.15, -0.1) is 11.6 Å². The Labute approximate surface area is 115 Å². The van der Waals surface area contributed by atoms with E-state index in [9.17, 15) is 4.79 Å². The summed E-state index contributed by atoms with van der Waals surface area (Å²) in [6, 6.07) is 1.78. The number of unbranched alkanes of at least 4 members (excludes halogenated alkanes) is 2. The van der Waals surface area contributed by atoms with Crippen LogP contribution >= 0.6 is 27.5 Å². The number of rotatable bonds is 6. The molecular weight excluding hydrogens is 304 g/mol. The third-order valence-electron chi connectivity index (χ3n) is 2.43. The number of amides is 1. The first-order valence-electron chi connectivity index (χ1n) is 5.57. The van der Waals surface area contributed by atoms with Crippen molar-refractivity contribution in [3.63, 3.8) is 0 Å². The van der Waals surface area contributed by atoms with E-state index in [1.807, 2.05) is 7.05 Å². The Kier molecular flexibility index (Phi) is 6.52. The van der Waals surface area contributed by atoms with E-state index in [-0.39, 0.29) is 5.91 Å². The van der Waals surface area contributed by atoms with Crippen molar-refractivity contribution in [1.29, 1.82) is 0 Å². The minimum absolute atomic E-state index is 0.00433. The minimum atomic E-state index is 0.00433. The molecule has 5 heteroatoms. The Morgan fingerprint density at radius 3 is 2.82 bits per heavy atom. The molecule has 0 aliphatic carbocycles. The Balaban J connectivity index is 2.46. The fraction of sp³-hybridized carbons (Fsp3) is 0.500. The molecule has 0 spiro atoms. The van der Waals surface area contributed by atoms with Gasteiger partial charge in [-0.1, -0.05) is 6.42 Å². The van der Waals surface area contributed by atoms with Crippen LogP contribution in [0.25, 0.3) is 0 Å². The van der Waals surface area contributed by atoms with E-state index in [1.165, 1.54) is 0 Å². The molecule has 0 unspecified atom stereocenters. The summed E-state index contributed by atoms with van der Waals surface area (Å²) in [4.78, 5) is 17.7. The monoisotopic (exact) mass is 318 g/mol. The number of hydrogen-bond acceptors (Lipinski definition) is 2. The van der Waals surface area contributed by atoms with Gasteiger partial charge in [0.05, 0.1) is 5.56 Å². The zero-order chi connectivity index (χ0) is 12.7. The van der Waals surface area contributed by atoms with Crippen molar-refractivity contribution in [3.8, 4) is 0 Å². The fourth-order valence-corrected chi connectivity index (χ4v) is 2.02. The second kappa shape index (κ2) is 7.67. The van der Waals surface area contributed by atoms with Crippen LogP contribution in [0.3, 0.4) is 0 Å². The summed E-state index contributed by atoms with van der Waals surface area (Å²) in [5, 5.41) is 0. The quantitative estimate of drug-likeness (QED) is 0.595. The van der Waals surface area contributed by atoms with Crippen molar-refractivity contribution in [2.24, 2.45) is 0 Å². The molecule has 3 nitrogen and oxygen atoms in total. The second-order valence-electron chi connectivity index (χ2n) is 3.87. The van der Waals surface area contributed by atoms with Crippen LogP contribution in [0, 0.1) is 0 Å². The van der Waals surface area contributed by atoms with Crippen molar-refractivity contribution in [2.75, 3.05) is 19.5 Å². The van der Waals surface area contributed by atoms with E-state index in [2.05, 4.69) is 20.9 Å². The van der Waals surface area contributed by atoms with Crippen molar-refractivity contribution in [2.45, 2.75) is 19.3 Å². The molecule has 1 heterocycles. The lowest BCUT2D eigenvalue weighted by atomic mass is 10.2. The fourth-order valence-electron chi connectivity index (χ4n) is 1.47. The van der Waals surface area contributed by atoms with Gasteiger partial charge in [-0.05, 0) is 34.8 Å². The highest BCUT2D eigenvalue weighted by Gasteiger charge is 2.11. The maximum atomic E-state index is 12.0. The predicted octanol–water partition coefficient (Wildman–Crippen LogP) is 3.33. The summed E-state index contributed by atoms with van der Waals surface area (Å²) in [7, 11) is 1.81. The molecule has 17 heavy (non-hydrogen) atoms. The number of hydrogen-bond donors (Lipinski definition) is 0. The number of nitrogens with zero attached hydrogens (tertiary/aromatic N) is 2. The molecule has 0 aromatic carbocycles. The maximum Gasteiger partial charge on any atom is 0.255 e. The summed E-state index contributed by atoms with van der Waals surface area (Å²) in [5.41, 5.74) is 0.610. The van der Waals surface area contributed by atoms with E-state index in [0.717, 1.165) is 30.3 Å². The molecule has 0 aliphatic rings. The third-order valence-corrected chi connectivity index (χ3v) is 3.13. The number of pyridine rings is 1. The van der Waals surface area contributed by atoms with Gasteiger partial charge in [-0.25, -0.2) is 0 Å². The van der Waals surface area contributed by atoms with Crippen LogP contribution in [0.4, 0.5) is 0 Å². The third kappa shape index (κ3) is 5.04. The van der Waals surface area contributed by atoms with Gasteiger partial charge in [0.15, 0.2) is 0 Å². The molecule has 1 amide bonds. The van der Waals surface area contributed by atoms with Crippen molar-refractivity contribution in [1.82, 2.24) is 9.88 Å². The van der Waals surface area contributed by atoms with Gasteiger partial charge in [0.25, 0.3) is 5.91 Å². The van der Waals surface area contributed by atoms with Gasteiger partial charge < -0.3 is 4.90 Å². The molecule has 0 N–H and O–H groups in total. The van der Waals surface area contributed by atoms with E-state index in [1.54, 1.807) is 23.4 Å². The molecule has 0 fully saturated rings. The summed E-state index contributed by atoms with van der Waals surface area (Å²) < 4.78 is 0.818. The highest BCUT2D eigenvalue weighted by atomic mass is 79.9. The summed E-state index contributed by atoms with van der Waals surface area (Å²) in [6.45, 7) is 0.752. The average Bonchev–Trinajstić information content (AvgIpc) is 2.33. The van der Waals surface area contributed by atoms with Gasteiger partial charge >= 0.3 is 0 Å². The minimum Gasteiger partial charge on any atom is -0.342 e. The zero-order valence-electron chi connectivity index (χ0n) is 9.83. The first-order valence-corrected chi connectivity index (χ1v) is 6.90. The highest BCUT2D eigenvalue weighted by molar-refractivity contribution is 9.10. The molecule has 1 aromatic heterocycles.